The van der Waals surface area contributed by atoms with E-state index >= 15 is 0 Å². The van der Waals surface area contributed by atoms with E-state index in [9.17, 15) is 5.11 Å². The van der Waals surface area contributed by atoms with E-state index in [1.807, 2.05) is 12.1 Å². The van der Waals surface area contributed by atoms with Gasteiger partial charge in [0.25, 0.3) is 0 Å². The normalized spacial score (nSPS) is 14.9. The third-order valence-electron chi connectivity index (χ3n) is 6.40. The van der Waals surface area contributed by atoms with E-state index in [1.165, 1.54) is 56.9 Å². The van der Waals surface area contributed by atoms with Crippen LogP contribution in [0.4, 0.5) is 0 Å². The fourth-order valence-electron chi connectivity index (χ4n) is 4.31. The van der Waals surface area contributed by atoms with Crippen molar-refractivity contribution in [1.82, 2.24) is 0 Å². The molecule has 1 rings (SSSR count). The quantitative estimate of drug-likeness (QED) is 0.385. The number of benzene rings is 1. The van der Waals surface area contributed by atoms with Crippen molar-refractivity contribution in [2.45, 2.75) is 106 Å². The van der Waals surface area contributed by atoms with Crippen LogP contribution in [0.15, 0.2) is 24.3 Å². The van der Waals surface area contributed by atoms with Gasteiger partial charge in [0.2, 0.25) is 0 Å². The number of phenolic OH excluding ortho intramolecular Hbond substituents is 1. The van der Waals surface area contributed by atoms with Crippen LogP contribution in [0.3, 0.4) is 0 Å². The molecular formula is C26H46O. The van der Waals surface area contributed by atoms with Gasteiger partial charge >= 0.3 is 0 Å². The van der Waals surface area contributed by atoms with Crippen LogP contribution >= 0.6 is 0 Å². The van der Waals surface area contributed by atoms with Crippen molar-refractivity contribution in [3.05, 3.63) is 29.8 Å². The monoisotopic (exact) mass is 374 g/mol. The van der Waals surface area contributed by atoms with E-state index in [-0.39, 0.29) is 0 Å². The van der Waals surface area contributed by atoms with Crippen LogP contribution < -0.4 is 0 Å². The van der Waals surface area contributed by atoms with Gasteiger partial charge < -0.3 is 5.11 Å². The van der Waals surface area contributed by atoms with Gasteiger partial charge in [0.05, 0.1) is 0 Å². The lowest BCUT2D eigenvalue weighted by molar-refractivity contribution is 0.185. The molecule has 1 aromatic rings. The maximum absolute atomic E-state index is 9.69. The zero-order chi connectivity index (χ0) is 20.5. The predicted octanol–water partition coefficient (Wildman–Crippen LogP) is 8.40. The fraction of sp³-hybridized carbons (Fsp3) is 0.769. The fourth-order valence-corrected chi connectivity index (χ4v) is 4.31. The first-order valence-electron chi connectivity index (χ1n) is 11.3. The summed E-state index contributed by atoms with van der Waals surface area (Å²) in [4.78, 5) is 0. The highest BCUT2D eigenvalue weighted by Crippen LogP contribution is 2.37. The molecular weight excluding hydrogens is 328 g/mol. The van der Waals surface area contributed by atoms with Crippen molar-refractivity contribution >= 4 is 0 Å². The van der Waals surface area contributed by atoms with Gasteiger partial charge in [-0.25, -0.2) is 0 Å². The molecule has 156 valence electrons. The lowest BCUT2D eigenvalue weighted by atomic mass is 9.73. The second-order valence-corrected chi connectivity index (χ2v) is 10.8. The molecule has 1 aromatic carbocycles. The van der Waals surface area contributed by atoms with Gasteiger partial charge in [-0.15, -0.1) is 0 Å². The molecule has 1 N–H and O–H groups in total. The van der Waals surface area contributed by atoms with Crippen LogP contribution in [0.2, 0.25) is 0 Å². The molecule has 0 saturated heterocycles. The van der Waals surface area contributed by atoms with E-state index < -0.39 is 0 Å². The summed E-state index contributed by atoms with van der Waals surface area (Å²) in [6, 6.07) is 7.77. The molecule has 0 heterocycles. The van der Waals surface area contributed by atoms with Crippen molar-refractivity contribution in [3.8, 4) is 5.75 Å². The predicted molar refractivity (Wildman–Crippen MR) is 120 cm³/mol. The number of aromatic hydroxyl groups is 1. The van der Waals surface area contributed by atoms with E-state index in [2.05, 4.69) is 54.5 Å². The maximum atomic E-state index is 9.69. The number of hydrogen-bond acceptors (Lipinski definition) is 1. The molecule has 1 nitrogen and oxygen atoms in total. The van der Waals surface area contributed by atoms with Crippen LogP contribution in [0, 0.1) is 22.7 Å². The van der Waals surface area contributed by atoms with Crippen LogP contribution in [0.25, 0.3) is 0 Å². The van der Waals surface area contributed by atoms with Crippen molar-refractivity contribution in [2.24, 2.45) is 22.7 Å². The molecule has 0 radical (unpaired) electrons. The smallest absolute Gasteiger partial charge is 0.115 e. The molecule has 0 aliphatic heterocycles. The molecule has 2 atom stereocenters. The van der Waals surface area contributed by atoms with Gasteiger partial charge in [0.15, 0.2) is 0 Å². The van der Waals surface area contributed by atoms with E-state index in [0.717, 1.165) is 18.3 Å². The molecule has 0 amide bonds. The summed E-state index contributed by atoms with van der Waals surface area (Å²) in [5.74, 6) is 1.99. The molecule has 0 spiro atoms. The minimum absolute atomic E-state index is 0.350. The van der Waals surface area contributed by atoms with Gasteiger partial charge in [-0.05, 0) is 72.5 Å². The van der Waals surface area contributed by atoms with Crippen molar-refractivity contribution in [3.63, 3.8) is 0 Å². The minimum Gasteiger partial charge on any atom is -0.508 e. The van der Waals surface area contributed by atoms with Crippen molar-refractivity contribution in [2.75, 3.05) is 0 Å². The summed E-state index contributed by atoms with van der Waals surface area (Å²) in [6.07, 6.45) is 11.8. The van der Waals surface area contributed by atoms with Gasteiger partial charge in [-0.3, -0.25) is 0 Å². The first kappa shape index (κ1) is 24.1. The molecule has 0 fully saturated rings. The highest BCUT2D eigenvalue weighted by atomic mass is 16.3. The summed E-state index contributed by atoms with van der Waals surface area (Å²) in [7, 11) is 0. The van der Waals surface area contributed by atoms with E-state index in [4.69, 9.17) is 0 Å². The average molecular weight is 375 g/mol. The Balaban J connectivity index is 2.50. The molecule has 1 heteroatoms. The molecule has 0 saturated carbocycles. The Hall–Kier alpha value is -0.980. The highest BCUT2D eigenvalue weighted by Gasteiger charge is 2.26. The Bertz CT molecular complexity index is 518. The number of aryl methyl sites for hydroxylation is 1. The largest absolute Gasteiger partial charge is 0.508 e. The number of unbranched alkanes of at least 4 members (excludes halogenated alkanes) is 2. The summed E-state index contributed by atoms with van der Waals surface area (Å²) < 4.78 is 0. The maximum Gasteiger partial charge on any atom is 0.115 e. The zero-order valence-electron chi connectivity index (χ0n) is 19.3. The zero-order valence-corrected chi connectivity index (χ0v) is 19.3. The van der Waals surface area contributed by atoms with Gasteiger partial charge in [-0.1, -0.05) is 86.3 Å². The molecule has 0 aliphatic carbocycles. The Morgan fingerprint density at radius 3 is 1.78 bits per heavy atom. The summed E-state index contributed by atoms with van der Waals surface area (Å²) in [5.41, 5.74) is 2.05. The van der Waals surface area contributed by atoms with E-state index in [0.29, 0.717) is 16.6 Å². The average Bonchev–Trinajstić information content (AvgIpc) is 2.54. The molecule has 27 heavy (non-hydrogen) atoms. The lowest BCUT2D eigenvalue weighted by Gasteiger charge is -2.33. The molecule has 0 unspecified atom stereocenters. The van der Waals surface area contributed by atoms with Crippen LogP contribution in [0.5, 0.6) is 5.75 Å². The minimum atomic E-state index is 0.350. The molecule has 0 aromatic heterocycles. The van der Waals surface area contributed by atoms with Crippen LogP contribution in [-0.4, -0.2) is 5.11 Å². The number of phenols is 1. The van der Waals surface area contributed by atoms with Crippen LogP contribution in [-0.2, 0) is 6.42 Å². The second-order valence-electron chi connectivity index (χ2n) is 10.8. The number of rotatable bonds is 11. The summed E-state index contributed by atoms with van der Waals surface area (Å²) >= 11 is 0. The SMILES string of the molecule is CCCC[C@@H](CCCC[C@@H](CCc1cccc(O)c1)C(C)(C)C)C(C)(C)C. The molecule has 0 aliphatic rings. The lowest BCUT2D eigenvalue weighted by Crippen LogP contribution is -2.22. The summed E-state index contributed by atoms with van der Waals surface area (Å²) in [6.45, 7) is 16.7. The van der Waals surface area contributed by atoms with Gasteiger partial charge in [-0.2, -0.15) is 0 Å². The Kier molecular flexibility index (Phi) is 9.91. The van der Waals surface area contributed by atoms with Gasteiger partial charge in [0.1, 0.15) is 5.75 Å². The van der Waals surface area contributed by atoms with Crippen molar-refractivity contribution < 1.29 is 5.11 Å². The number of hydrogen-bond donors (Lipinski definition) is 1. The van der Waals surface area contributed by atoms with Crippen molar-refractivity contribution in [1.29, 1.82) is 0 Å². The first-order valence-corrected chi connectivity index (χ1v) is 11.3. The topological polar surface area (TPSA) is 20.2 Å². The van der Waals surface area contributed by atoms with Gasteiger partial charge in [0, 0.05) is 0 Å². The Morgan fingerprint density at radius 2 is 1.30 bits per heavy atom. The second kappa shape index (κ2) is 11.1. The van der Waals surface area contributed by atoms with Crippen LogP contribution in [0.1, 0.15) is 105 Å². The third kappa shape index (κ3) is 9.67. The Morgan fingerprint density at radius 1 is 0.778 bits per heavy atom. The Labute approximate surface area is 170 Å². The third-order valence-corrected chi connectivity index (χ3v) is 6.40. The molecule has 0 bridgehead atoms. The van der Waals surface area contributed by atoms with E-state index in [1.54, 1.807) is 6.07 Å². The summed E-state index contributed by atoms with van der Waals surface area (Å²) in [5, 5.41) is 9.69. The highest BCUT2D eigenvalue weighted by molar-refractivity contribution is 5.27. The standard InChI is InChI=1S/C26H46O/c1-8-9-14-22(25(2,3)4)15-10-11-16-23(26(5,6)7)19-18-21-13-12-17-24(27)20-21/h12-13,17,20,22-23,27H,8-11,14-16,18-19H2,1-7H3/t22-,23-/m0/s1. The first-order chi connectivity index (χ1) is 12.5.